The van der Waals surface area contributed by atoms with Gasteiger partial charge in [0.15, 0.2) is 0 Å². The number of aromatic nitrogens is 1. The normalized spacial score (nSPS) is 17.5. The Kier molecular flexibility index (Phi) is 3.60. The molecule has 24 heavy (non-hydrogen) atoms. The SMILES string of the molecule is [C-]#[N+]c1cc[c-]c2c1ccc1c3c(cnc12)C1(CCCC1)CO3.[Ir]. The van der Waals surface area contributed by atoms with E-state index in [2.05, 4.69) is 17.0 Å². The topological polar surface area (TPSA) is 26.5 Å². The van der Waals surface area contributed by atoms with Crippen LogP contribution >= 0.6 is 0 Å². The van der Waals surface area contributed by atoms with Crippen molar-refractivity contribution in [2.24, 2.45) is 0 Å². The fourth-order valence-corrected chi connectivity index (χ4v) is 4.28. The first-order valence-corrected chi connectivity index (χ1v) is 8.09. The smallest absolute Gasteiger partial charge is 0.124 e. The van der Waals surface area contributed by atoms with Crippen molar-refractivity contribution in [3.05, 3.63) is 53.5 Å². The van der Waals surface area contributed by atoms with Gasteiger partial charge in [-0.25, -0.2) is 0 Å². The standard InChI is InChI=1S/C20H15N2O.Ir/c1-21-17-6-4-5-14-13(17)7-8-15-18(14)22-11-16-19(15)23-12-20(16)9-2-3-10-20;/h4,6-8,11H,2-3,9-10,12H2;/q-1;. The zero-order valence-corrected chi connectivity index (χ0v) is 15.5. The predicted octanol–water partition coefficient (Wildman–Crippen LogP) is 4.94. The zero-order chi connectivity index (χ0) is 15.4. The fraction of sp³-hybridized carbons (Fsp3) is 0.300. The first-order chi connectivity index (χ1) is 11.3. The molecule has 1 aliphatic heterocycles. The van der Waals surface area contributed by atoms with Crippen molar-refractivity contribution >= 4 is 27.4 Å². The van der Waals surface area contributed by atoms with Gasteiger partial charge in [-0.3, -0.25) is 4.85 Å². The minimum atomic E-state index is 0. The van der Waals surface area contributed by atoms with Gasteiger partial charge in [-0.15, -0.1) is 29.0 Å². The van der Waals surface area contributed by atoms with Crippen LogP contribution in [0.1, 0.15) is 31.2 Å². The van der Waals surface area contributed by atoms with E-state index < -0.39 is 0 Å². The van der Waals surface area contributed by atoms with Gasteiger partial charge in [0.2, 0.25) is 0 Å². The Morgan fingerprint density at radius 2 is 1.96 bits per heavy atom. The summed E-state index contributed by atoms with van der Waals surface area (Å²) < 4.78 is 6.14. The molecule has 3 nitrogen and oxygen atoms in total. The minimum Gasteiger partial charge on any atom is -0.492 e. The van der Waals surface area contributed by atoms with Gasteiger partial charge < -0.3 is 9.72 Å². The Bertz CT molecular complexity index is 1000. The predicted molar refractivity (Wildman–Crippen MR) is 90.0 cm³/mol. The van der Waals surface area contributed by atoms with Crippen LogP contribution in [-0.4, -0.2) is 11.6 Å². The van der Waals surface area contributed by atoms with Gasteiger partial charge in [0.05, 0.1) is 13.2 Å². The molecule has 1 spiro atoms. The van der Waals surface area contributed by atoms with Gasteiger partial charge in [-0.2, -0.15) is 6.07 Å². The third kappa shape index (κ3) is 1.95. The fourth-order valence-electron chi connectivity index (χ4n) is 4.28. The molecule has 2 aromatic carbocycles. The van der Waals surface area contributed by atoms with Crippen molar-refractivity contribution in [3.63, 3.8) is 0 Å². The molecule has 1 saturated carbocycles. The van der Waals surface area contributed by atoms with E-state index in [-0.39, 0.29) is 25.5 Å². The van der Waals surface area contributed by atoms with Crippen molar-refractivity contribution < 1.29 is 24.8 Å². The molecule has 1 radical (unpaired) electrons. The molecule has 0 amide bonds. The van der Waals surface area contributed by atoms with Gasteiger partial charge in [0, 0.05) is 42.7 Å². The van der Waals surface area contributed by atoms with E-state index in [0.717, 1.165) is 34.0 Å². The second-order valence-electron chi connectivity index (χ2n) is 6.64. The van der Waals surface area contributed by atoms with E-state index >= 15 is 0 Å². The summed E-state index contributed by atoms with van der Waals surface area (Å²) in [6.45, 7) is 8.12. The van der Waals surface area contributed by atoms with E-state index in [9.17, 15) is 0 Å². The summed E-state index contributed by atoms with van der Waals surface area (Å²) >= 11 is 0. The second-order valence-corrected chi connectivity index (χ2v) is 6.64. The molecular weight excluding hydrogens is 476 g/mol. The average Bonchev–Trinajstić information content (AvgIpc) is 3.22. The number of benzene rings is 2. The molecule has 0 unspecified atom stereocenters. The maximum Gasteiger partial charge on any atom is 0.124 e. The Morgan fingerprint density at radius 1 is 1.17 bits per heavy atom. The molecule has 0 N–H and O–H groups in total. The summed E-state index contributed by atoms with van der Waals surface area (Å²) in [5.41, 5.74) is 3.01. The van der Waals surface area contributed by atoms with Gasteiger partial charge in [-0.05, 0) is 18.4 Å². The van der Waals surface area contributed by atoms with Gasteiger partial charge in [0.25, 0.3) is 0 Å². The maximum absolute atomic E-state index is 7.33. The average molecular weight is 492 g/mol. The Morgan fingerprint density at radius 3 is 2.75 bits per heavy atom. The summed E-state index contributed by atoms with van der Waals surface area (Å²) in [6, 6.07) is 10.9. The molecule has 0 atom stereocenters. The number of hydrogen-bond acceptors (Lipinski definition) is 2. The Hall–Kier alpha value is -1.95. The van der Waals surface area contributed by atoms with Crippen LogP contribution in [0, 0.1) is 12.6 Å². The monoisotopic (exact) mass is 492 g/mol. The minimum absolute atomic E-state index is 0. The van der Waals surface area contributed by atoms with Crippen LogP contribution in [0.2, 0.25) is 0 Å². The molecule has 1 fully saturated rings. The molecule has 1 aromatic heterocycles. The molecule has 121 valence electrons. The summed E-state index contributed by atoms with van der Waals surface area (Å²) in [7, 11) is 0. The van der Waals surface area contributed by atoms with Gasteiger partial charge in [-0.1, -0.05) is 18.9 Å². The van der Waals surface area contributed by atoms with Crippen LogP contribution in [0.3, 0.4) is 0 Å². The molecule has 0 saturated heterocycles. The van der Waals surface area contributed by atoms with Crippen LogP contribution in [0.15, 0.2) is 30.5 Å². The molecule has 5 rings (SSSR count). The van der Waals surface area contributed by atoms with E-state index in [1.54, 1.807) is 6.07 Å². The second kappa shape index (κ2) is 5.55. The zero-order valence-electron chi connectivity index (χ0n) is 13.1. The van der Waals surface area contributed by atoms with Crippen molar-refractivity contribution in [2.75, 3.05) is 6.61 Å². The third-order valence-electron chi connectivity index (χ3n) is 5.48. The third-order valence-corrected chi connectivity index (χ3v) is 5.48. The van der Waals surface area contributed by atoms with E-state index in [0.29, 0.717) is 5.69 Å². The van der Waals surface area contributed by atoms with E-state index in [4.69, 9.17) is 16.3 Å². The quantitative estimate of drug-likeness (QED) is 0.329. The number of fused-ring (bicyclic) bond motifs is 6. The number of ether oxygens (including phenoxy) is 1. The molecule has 4 heteroatoms. The largest absolute Gasteiger partial charge is 0.492 e. The number of pyridine rings is 1. The summed E-state index contributed by atoms with van der Waals surface area (Å²) in [6.07, 6.45) is 6.97. The van der Waals surface area contributed by atoms with Gasteiger partial charge in [0.1, 0.15) is 11.4 Å². The van der Waals surface area contributed by atoms with Crippen molar-refractivity contribution in [2.45, 2.75) is 31.1 Å². The molecule has 2 aliphatic rings. The van der Waals surface area contributed by atoms with Crippen LogP contribution in [0.5, 0.6) is 5.75 Å². The van der Waals surface area contributed by atoms with Gasteiger partial charge >= 0.3 is 0 Å². The van der Waals surface area contributed by atoms with Crippen LogP contribution < -0.4 is 4.74 Å². The number of rotatable bonds is 0. The summed E-state index contributed by atoms with van der Waals surface area (Å²) in [5.74, 6) is 1.00. The van der Waals surface area contributed by atoms with E-state index in [1.165, 1.54) is 31.2 Å². The first-order valence-electron chi connectivity index (χ1n) is 8.09. The molecular formula is C20H15IrN2O-. The number of hydrogen-bond donors (Lipinski definition) is 0. The first kappa shape index (κ1) is 15.6. The van der Waals surface area contributed by atoms with Crippen molar-refractivity contribution in [3.8, 4) is 5.75 Å². The summed E-state index contributed by atoms with van der Waals surface area (Å²) in [5, 5.41) is 2.88. The van der Waals surface area contributed by atoms with E-state index in [1.807, 2.05) is 18.3 Å². The molecule has 3 aromatic rings. The van der Waals surface area contributed by atoms with Crippen molar-refractivity contribution in [1.29, 1.82) is 0 Å². The molecule has 1 aliphatic carbocycles. The Labute approximate surface area is 154 Å². The van der Waals surface area contributed by atoms with Crippen LogP contribution in [-0.2, 0) is 25.5 Å². The van der Waals surface area contributed by atoms with Crippen LogP contribution in [0.25, 0.3) is 26.5 Å². The molecule has 2 heterocycles. The molecule has 0 bridgehead atoms. The van der Waals surface area contributed by atoms with Crippen LogP contribution in [0.4, 0.5) is 5.69 Å². The Balaban J connectivity index is 0.00000146. The summed E-state index contributed by atoms with van der Waals surface area (Å²) in [4.78, 5) is 8.37. The maximum atomic E-state index is 7.33. The number of nitrogens with zero attached hydrogens (tertiary/aromatic N) is 2. The van der Waals surface area contributed by atoms with Crippen molar-refractivity contribution in [1.82, 2.24) is 4.98 Å².